The molecule has 0 bridgehead atoms. The van der Waals surface area contributed by atoms with E-state index in [-0.39, 0.29) is 5.92 Å². The van der Waals surface area contributed by atoms with Gasteiger partial charge in [0.25, 0.3) is 0 Å². The fourth-order valence-corrected chi connectivity index (χ4v) is 1.59. The van der Waals surface area contributed by atoms with E-state index >= 15 is 0 Å². The largest absolute Gasteiger partial charge is 0.481 e. The van der Waals surface area contributed by atoms with E-state index in [9.17, 15) is 9.59 Å². The van der Waals surface area contributed by atoms with Crippen molar-refractivity contribution in [3.05, 3.63) is 0 Å². The zero-order valence-corrected chi connectivity index (χ0v) is 11.6. The third-order valence-electron chi connectivity index (χ3n) is 2.42. The molecule has 0 aromatic heterocycles. The van der Waals surface area contributed by atoms with Gasteiger partial charge in [0.2, 0.25) is 0 Å². The average molecular weight is 244 g/mol. The van der Waals surface area contributed by atoms with Gasteiger partial charge in [0.15, 0.2) is 0 Å². The lowest BCUT2D eigenvalue weighted by Crippen LogP contribution is -2.34. The van der Waals surface area contributed by atoms with Gasteiger partial charge in [-0.2, -0.15) is 0 Å². The molecule has 0 aliphatic carbocycles. The van der Waals surface area contributed by atoms with E-state index in [1.54, 1.807) is 27.7 Å². The summed E-state index contributed by atoms with van der Waals surface area (Å²) in [5, 5.41) is 9.13. The van der Waals surface area contributed by atoms with Crippen LogP contribution in [0.3, 0.4) is 0 Å². The van der Waals surface area contributed by atoms with Crippen LogP contribution in [0.15, 0.2) is 0 Å². The molecule has 0 fully saturated rings. The molecule has 0 aliphatic rings. The maximum atomic E-state index is 11.8. The van der Waals surface area contributed by atoms with E-state index in [0.717, 1.165) is 0 Å². The SMILES string of the molecule is CC(C)C[C@@H](C(=O)O)[C@@H](C)C(=O)OC(C)(C)C. The molecule has 0 saturated heterocycles. The summed E-state index contributed by atoms with van der Waals surface area (Å²) >= 11 is 0. The fraction of sp³-hybridized carbons (Fsp3) is 0.846. The van der Waals surface area contributed by atoms with Crippen LogP contribution in [0, 0.1) is 17.8 Å². The lowest BCUT2D eigenvalue weighted by Gasteiger charge is -2.25. The molecule has 17 heavy (non-hydrogen) atoms. The Morgan fingerprint density at radius 3 is 1.94 bits per heavy atom. The Bertz CT molecular complexity index is 276. The van der Waals surface area contributed by atoms with Crippen LogP contribution in [-0.4, -0.2) is 22.6 Å². The van der Waals surface area contributed by atoms with Crippen LogP contribution in [-0.2, 0) is 14.3 Å². The maximum Gasteiger partial charge on any atom is 0.310 e. The number of rotatable bonds is 5. The summed E-state index contributed by atoms with van der Waals surface area (Å²) in [5.41, 5.74) is -0.577. The quantitative estimate of drug-likeness (QED) is 0.755. The highest BCUT2D eigenvalue weighted by atomic mass is 16.6. The molecule has 0 aliphatic heterocycles. The highest BCUT2D eigenvalue weighted by Crippen LogP contribution is 2.23. The summed E-state index contributed by atoms with van der Waals surface area (Å²) in [6.07, 6.45) is 0.482. The third kappa shape index (κ3) is 6.29. The van der Waals surface area contributed by atoms with Gasteiger partial charge in [-0.3, -0.25) is 9.59 Å². The Morgan fingerprint density at radius 1 is 1.18 bits per heavy atom. The Balaban J connectivity index is 4.67. The standard InChI is InChI=1S/C13H24O4/c1-8(2)7-10(11(14)15)9(3)12(16)17-13(4,5)6/h8-10H,7H2,1-6H3,(H,14,15)/t9-,10-/m1/s1. The van der Waals surface area contributed by atoms with Crippen LogP contribution < -0.4 is 0 Å². The van der Waals surface area contributed by atoms with Gasteiger partial charge in [-0.25, -0.2) is 0 Å². The van der Waals surface area contributed by atoms with Crippen LogP contribution in [0.2, 0.25) is 0 Å². The fourth-order valence-electron chi connectivity index (χ4n) is 1.59. The van der Waals surface area contributed by atoms with Crippen LogP contribution in [0.5, 0.6) is 0 Å². The Hall–Kier alpha value is -1.06. The Labute approximate surface area is 103 Å². The number of carboxylic acid groups (broad SMARTS) is 1. The molecule has 0 amide bonds. The number of ether oxygens (including phenoxy) is 1. The van der Waals surface area contributed by atoms with Gasteiger partial charge >= 0.3 is 11.9 Å². The van der Waals surface area contributed by atoms with E-state index in [4.69, 9.17) is 9.84 Å². The molecule has 4 nitrogen and oxygen atoms in total. The first-order valence-corrected chi connectivity index (χ1v) is 6.00. The van der Waals surface area contributed by atoms with E-state index in [1.807, 2.05) is 13.8 Å². The minimum absolute atomic E-state index is 0.237. The molecule has 0 heterocycles. The first-order valence-electron chi connectivity index (χ1n) is 6.00. The van der Waals surface area contributed by atoms with E-state index in [2.05, 4.69) is 0 Å². The minimum Gasteiger partial charge on any atom is -0.481 e. The second-order valence-corrected chi connectivity index (χ2v) is 5.90. The molecule has 0 unspecified atom stereocenters. The smallest absolute Gasteiger partial charge is 0.310 e. The van der Waals surface area contributed by atoms with Gasteiger partial charge in [-0.1, -0.05) is 20.8 Å². The third-order valence-corrected chi connectivity index (χ3v) is 2.42. The molecule has 0 aromatic rings. The van der Waals surface area contributed by atoms with Crippen LogP contribution in [0.1, 0.15) is 48.0 Å². The van der Waals surface area contributed by atoms with Gasteiger partial charge in [-0.15, -0.1) is 0 Å². The first kappa shape index (κ1) is 15.9. The molecule has 0 rings (SSSR count). The average Bonchev–Trinajstić information content (AvgIpc) is 2.09. The van der Waals surface area contributed by atoms with Gasteiger partial charge in [0.1, 0.15) is 5.60 Å². The lowest BCUT2D eigenvalue weighted by atomic mass is 9.86. The maximum absolute atomic E-state index is 11.8. The van der Waals surface area contributed by atoms with Crippen molar-refractivity contribution in [2.75, 3.05) is 0 Å². The summed E-state index contributed by atoms with van der Waals surface area (Å²) in [6, 6.07) is 0. The zero-order chi connectivity index (χ0) is 13.8. The minimum atomic E-state index is -0.933. The number of hydrogen-bond acceptors (Lipinski definition) is 3. The molecule has 0 saturated carbocycles. The monoisotopic (exact) mass is 244 g/mol. The van der Waals surface area contributed by atoms with Gasteiger partial charge < -0.3 is 9.84 Å². The van der Waals surface area contributed by atoms with Crippen molar-refractivity contribution in [3.63, 3.8) is 0 Å². The number of carboxylic acids is 1. The number of esters is 1. The molecule has 4 heteroatoms. The van der Waals surface area contributed by atoms with E-state index in [1.165, 1.54) is 0 Å². The Morgan fingerprint density at radius 2 is 1.65 bits per heavy atom. The van der Waals surface area contributed by atoms with Gasteiger partial charge in [0, 0.05) is 0 Å². The molecular formula is C13H24O4. The normalized spacial score (nSPS) is 15.5. The van der Waals surface area contributed by atoms with Crippen LogP contribution >= 0.6 is 0 Å². The molecule has 0 aromatic carbocycles. The van der Waals surface area contributed by atoms with Gasteiger partial charge in [0.05, 0.1) is 11.8 Å². The molecule has 2 atom stereocenters. The topological polar surface area (TPSA) is 63.6 Å². The Kier molecular flexibility index (Phi) is 5.66. The summed E-state index contributed by atoms with van der Waals surface area (Å²) in [5.74, 6) is -2.43. The van der Waals surface area contributed by atoms with Crippen molar-refractivity contribution in [2.24, 2.45) is 17.8 Å². The lowest BCUT2D eigenvalue weighted by molar-refractivity contribution is -0.166. The second kappa shape index (κ2) is 6.03. The number of carbonyl (C=O) groups is 2. The molecule has 0 spiro atoms. The summed E-state index contributed by atoms with van der Waals surface area (Å²) < 4.78 is 5.21. The van der Waals surface area contributed by atoms with Gasteiger partial charge in [-0.05, 0) is 33.1 Å². The summed E-state index contributed by atoms with van der Waals surface area (Å²) in [6.45, 7) is 10.8. The highest BCUT2D eigenvalue weighted by Gasteiger charge is 2.33. The van der Waals surface area contributed by atoms with Crippen molar-refractivity contribution in [3.8, 4) is 0 Å². The first-order chi connectivity index (χ1) is 7.54. The molecule has 100 valence electrons. The predicted molar refractivity (Wildman–Crippen MR) is 65.6 cm³/mol. The number of aliphatic carboxylic acids is 1. The van der Waals surface area contributed by atoms with Crippen molar-refractivity contribution in [1.29, 1.82) is 0 Å². The highest BCUT2D eigenvalue weighted by molar-refractivity contribution is 5.81. The van der Waals surface area contributed by atoms with Crippen molar-refractivity contribution >= 4 is 11.9 Å². The van der Waals surface area contributed by atoms with Crippen molar-refractivity contribution in [1.82, 2.24) is 0 Å². The van der Waals surface area contributed by atoms with Crippen molar-refractivity contribution in [2.45, 2.75) is 53.6 Å². The number of carbonyl (C=O) groups excluding carboxylic acids is 1. The zero-order valence-electron chi connectivity index (χ0n) is 11.6. The summed E-state index contributed by atoms with van der Waals surface area (Å²) in [7, 11) is 0. The van der Waals surface area contributed by atoms with Crippen molar-refractivity contribution < 1.29 is 19.4 Å². The molecule has 0 radical (unpaired) electrons. The van der Waals surface area contributed by atoms with Crippen LogP contribution in [0.25, 0.3) is 0 Å². The predicted octanol–water partition coefficient (Wildman–Crippen LogP) is 2.71. The number of hydrogen-bond donors (Lipinski definition) is 1. The van der Waals surface area contributed by atoms with Crippen LogP contribution in [0.4, 0.5) is 0 Å². The van der Waals surface area contributed by atoms with E-state index in [0.29, 0.717) is 6.42 Å². The van der Waals surface area contributed by atoms with E-state index < -0.39 is 29.4 Å². The molecule has 1 N–H and O–H groups in total. The second-order valence-electron chi connectivity index (χ2n) is 5.90. The molecular weight excluding hydrogens is 220 g/mol. The summed E-state index contributed by atoms with van der Waals surface area (Å²) in [4.78, 5) is 22.9.